The summed E-state index contributed by atoms with van der Waals surface area (Å²) in [6, 6.07) is 11.8. The van der Waals surface area contributed by atoms with Crippen LogP contribution in [0.5, 0.6) is 0 Å². The summed E-state index contributed by atoms with van der Waals surface area (Å²) in [6.45, 7) is 4.01. The summed E-state index contributed by atoms with van der Waals surface area (Å²) in [7, 11) is 0. The zero-order valence-corrected chi connectivity index (χ0v) is 15.8. The molecule has 2 aromatic carbocycles. The van der Waals surface area contributed by atoms with Crippen LogP contribution >= 0.6 is 11.6 Å². The van der Waals surface area contributed by atoms with Crippen molar-refractivity contribution in [3.05, 3.63) is 70.1 Å². The third-order valence-electron chi connectivity index (χ3n) is 4.78. The highest BCUT2D eigenvalue weighted by Crippen LogP contribution is 2.35. The van der Waals surface area contributed by atoms with Crippen molar-refractivity contribution in [3.63, 3.8) is 0 Å². The highest BCUT2D eigenvalue weighted by atomic mass is 35.5. The van der Waals surface area contributed by atoms with Crippen LogP contribution in [0.25, 0.3) is 5.69 Å². The Balaban J connectivity index is 1.83. The molecule has 4 rings (SSSR count). The van der Waals surface area contributed by atoms with Crippen molar-refractivity contribution >= 4 is 28.9 Å². The molecule has 0 saturated heterocycles. The number of aromatic nitrogens is 2. The quantitative estimate of drug-likeness (QED) is 0.651. The van der Waals surface area contributed by atoms with Crippen LogP contribution in [-0.4, -0.2) is 15.6 Å². The summed E-state index contributed by atoms with van der Waals surface area (Å²) in [5, 5.41) is 8.42. The first-order valence-electron chi connectivity index (χ1n) is 8.86. The number of fused-ring (bicyclic) bond motifs is 1. The van der Waals surface area contributed by atoms with E-state index in [1.54, 1.807) is 16.8 Å². The molecule has 27 heavy (non-hydrogen) atoms. The molecule has 1 N–H and O–H groups in total. The Morgan fingerprint density at radius 2 is 1.93 bits per heavy atom. The zero-order chi connectivity index (χ0) is 19.1. The minimum Gasteiger partial charge on any atom is -0.337 e. The number of nitrogens with one attached hydrogen (secondary N) is 1. The average Bonchev–Trinajstić information content (AvgIpc) is 2.96. The minimum atomic E-state index is -0.311. The fraction of sp³-hybridized carbons (Fsp3) is 0.238. The Kier molecular flexibility index (Phi) is 4.48. The van der Waals surface area contributed by atoms with Crippen molar-refractivity contribution in [1.29, 1.82) is 0 Å². The van der Waals surface area contributed by atoms with E-state index >= 15 is 0 Å². The van der Waals surface area contributed by atoms with Crippen molar-refractivity contribution in [1.82, 2.24) is 9.78 Å². The standard InChI is InChI=1S/C21H19ClFN3O/c1-12-3-8-17(16(22)9-12)24-21-20-18(10-13(2)11-19(20)27)26(25-21)15-6-4-14(23)5-7-15/h3-9,13H,10-11H2,1-2H3,(H,24,25)/t13-/m0/s1. The maximum absolute atomic E-state index is 13.3. The number of nitrogens with zero attached hydrogens (tertiary/aromatic N) is 2. The van der Waals surface area contributed by atoms with Crippen LogP contribution in [0.2, 0.25) is 5.02 Å². The van der Waals surface area contributed by atoms with Gasteiger partial charge in [0, 0.05) is 6.42 Å². The molecule has 0 bridgehead atoms. The van der Waals surface area contributed by atoms with E-state index in [9.17, 15) is 9.18 Å². The molecule has 138 valence electrons. The number of carbonyl (C=O) groups excluding carboxylic acids is 1. The van der Waals surface area contributed by atoms with Gasteiger partial charge in [0.25, 0.3) is 0 Å². The van der Waals surface area contributed by atoms with E-state index in [0.29, 0.717) is 28.5 Å². The van der Waals surface area contributed by atoms with Crippen LogP contribution in [0.3, 0.4) is 0 Å². The Labute approximate surface area is 162 Å². The molecule has 0 amide bonds. The van der Waals surface area contributed by atoms with Gasteiger partial charge in [-0.1, -0.05) is 24.6 Å². The van der Waals surface area contributed by atoms with Gasteiger partial charge < -0.3 is 5.32 Å². The van der Waals surface area contributed by atoms with E-state index in [-0.39, 0.29) is 17.5 Å². The van der Waals surface area contributed by atoms with Gasteiger partial charge in [0.05, 0.1) is 27.7 Å². The molecule has 0 saturated carbocycles. The number of halogens is 2. The lowest BCUT2D eigenvalue weighted by Gasteiger charge is -2.19. The van der Waals surface area contributed by atoms with E-state index in [4.69, 9.17) is 11.6 Å². The number of anilines is 2. The van der Waals surface area contributed by atoms with Crippen molar-refractivity contribution < 1.29 is 9.18 Å². The molecular formula is C21H19ClFN3O. The fourth-order valence-corrected chi connectivity index (χ4v) is 3.77. The predicted molar refractivity (Wildman–Crippen MR) is 105 cm³/mol. The second-order valence-electron chi connectivity index (χ2n) is 7.10. The number of ketones is 1. The van der Waals surface area contributed by atoms with Crippen molar-refractivity contribution in [2.45, 2.75) is 26.7 Å². The lowest BCUT2D eigenvalue weighted by Crippen LogP contribution is -2.19. The van der Waals surface area contributed by atoms with Gasteiger partial charge in [0.2, 0.25) is 0 Å². The van der Waals surface area contributed by atoms with E-state index in [1.807, 2.05) is 32.0 Å². The lowest BCUT2D eigenvalue weighted by atomic mass is 9.87. The molecule has 1 aromatic heterocycles. The number of Topliss-reactive ketones (excluding diaryl/α,β-unsaturated/α-hetero) is 1. The molecule has 0 aliphatic heterocycles. The van der Waals surface area contributed by atoms with Gasteiger partial charge in [-0.25, -0.2) is 9.07 Å². The van der Waals surface area contributed by atoms with Gasteiger partial charge in [0.1, 0.15) is 5.82 Å². The van der Waals surface area contributed by atoms with Crippen LogP contribution < -0.4 is 5.32 Å². The summed E-state index contributed by atoms with van der Waals surface area (Å²) in [6.07, 6.45) is 1.22. The maximum atomic E-state index is 13.3. The minimum absolute atomic E-state index is 0.0582. The average molecular weight is 384 g/mol. The Morgan fingerprint density at radius 1 is 1.19 bits per heavy atom. The molecule has 4 nitrogen and oxygen atoms in total. The maximum Gasteiger partial charge on any atom is 0.168 e. The van der Waals surface area contributed by atoms with Crippen molar-refractivity contribution in [2.75, 3.05) is 5.32 Å². The number of hydrogen-bond acceptors (Lipinski definition) is 3. The molecule has 0 fully saturated rings. The van der Waals surface area contributed by atoms with Gasteiger partial charge in [-0.15, -0.1) is 5.10 Å². The van der Waals surface area contributed by atoms with Gasteiger partial charge in [-0.05, 0) is 61.2 Å². The van der Waals surface area contributed by atoms with Crippen LogP contribution in [0.4, 0.5) is 15.9 Å². The van der Waals surface area contributed by atoms with Gasteiger partial charge in [-0.3, -0.25) is 4.79 Å². The Morgan fingerprint density at radius 3 is 2.63 bits per heavy atom. The number of aryl methyl sites for hydroxylation is 1. The summed E-state index contributed by atoms with van der Waals surface area (Å²) < 4.78 is 15.1. The number of hydrogen-bond donors (Lipinski definition) is 1. The lowest BCUT2D eigenvalue weighted by molar-refractivity contribution is 0.0953. The van der Waals surface area contributed by atoms with Crippen molar-refractivity contribution in [2.24, 2.45) is 5.92 Å². The molecule has 0 spiro atoms. The van der Waals surface area contributed by atoms with E-state index in [1.165, 1.54) is 12.1 Å². The SMILES string of the molecule is Cc1ccc(Nc2nn(-c3ccc(F)cc3)c3c2C(=O)C[C@@H](C)C3)c(Cl)c1. The van der Waals surface area contributed by atoms with Gasteiger partial charge in [0.15, 0.2) is 11.6 Å². The highest BCUT2D eigenvalue weighted by Gasteiger charge is 2.31. The smallest absolute Gasteiger partial charge is 0.168 e. The normalized spacial score (nSPS) is 16.3. The summed E-state index contributed by atoms with van der Waals surface area (Å²) in [4.78, 5) is 12.8. The topological polar surface area (TPSA) is 46.9 Å². The summed E-state index contributed by atoms with van der Waals surface area (Å²) in [5.74, 6) is 0.463. The van der Waals surface area contributed by atoms with Crippen LogP contribution in [-0.2, 0) is 6.42 Å². The summed E-state index contributed by atoms with van der Waals surface area (Å²) >= 11 is 6.34. The van der Waals surface area contributed by atoms with Gasteiger partial charge >= 0.3 is 0 Å². The monoisotopic (exact) mass is 383 g/mol. The fourth-order valence-electron chi connectivity index (χ4n) is 3.49. The first-order chi connectivity index (χ1) is 12.9. The molecule has 6 heteroatoms. The Hall–Kier alpha value is -2.66. The third kappa shape index (κ3) is 3.35. The third-order valence-corrected chi connectivity index (χ3v) is 5.10. The first-order valence-corrected chi connectivity index (χ1v) is 9.24. The molecule has 1 aliphatic carbocycles. The second kappa shape index (κ2) is 6.82. The number of rotatable bonds is 3. The second-order valence-corrected chi connectivity index (χ2v) is 7.51. The van der Waals surface area contributed by atoms with Crippen LogP contribution in [0.1, 0.15) is 35.0 Å². The predicted octanol–water partition coefficient (Wildman–Crippen LogP) is 5.48. The number of carbonyl (C=O) groups is 1. The molecule has 1 aliphatic rings. The van der Waals surface area contributed by atoms with E-state index < -0.39 is 0 Å². The molecule has 3 aromatic rings. The van der Waals surface area contributed by atoms with Crippen LogP contribution in [0.15, 0.2) is 42.5 Å². The molecular weight excluding hydrogens is 365 g/mol. The van der Waals surface area contributed by atoms with Crippen molar-refractivity contribution in [3.8, 4) is 5.69 Å². The summed E-state index contributed by atoms with van der Waals surface area (Å²) in [5.41, 5.74) is 3.90. The highest BCUT2D eigenvalue weighted by molar-refractivity contribution is 6.33. The first kappa shape index (κ1) is 17.7. The van der Waals surface area contributed by atoms with Gasteiger partial charge in [-0.2, -0.15) is 0 Å². The molecule has 1 atom stereocenters. The molecule has 1 heterocycles. The van der Waals surface area contributed by atoms with E-state index in [0.717, 1.165) is 23.4 Å². The van der Waals surface area contributed by atoms with Crippen LogP contribution in [0, 0.1) is 18.7 Å². The molecule has 0 unspecified atom stereocenters. The largest absolute Gasteiger partial charge is 0.337 e. The Bertz CT molecular complexity index is 1030. The van der Waals surface area contributed by atoms with E-state index in [2.05, 4.69) is 10.4 Å². The number of benzene rings is 2. The molecule has 0 radical (unpaired) electrons. The zero-order valence-electron chi connectivity index (χ0n) is 15.1.